The highest BCUT2D eigenvalue weighted by Crippen LogP contribution is 2.25. The van der Waals surface area contributed by atoms with Crippen molar-refractivity contribution in [1.29, 1.82) is 0 Å². The zero-order chi connectivity index (χ0) is 18.1. The molecule has 4 rings (SSSR count). The SMILES string of the molecule is Cc1ccc(OCC(=O)N2CCc3[nH]c4ccccc4c3CC2)cc1C. The first-order chi connectivity index (χ1) is 12.6. The van der Waals surface area contributed by atoms with Gasteiger partial charge in [0, 0.05) is 36.1 Å². The fourth-order valence-electron chi connectivity index (χ4n) is 3.65. The quantitative estimate of drug-likeness (QED) is 0.783. The maximum absolute atomic E-state index is 12.6. The molecule has 1 aliphatic rings. The van der Waals surface area contributed by atoms with Crippen LogP contribution in [0.3, 0.4) is 0 Å². The molecule has 26 heavy (non-hydrogen) atoms. The first-order valence-corrected chi connectivity index (χ1v) is 9.18. The van der Waals surface area contributed by atoms with Crippen molar-refractivity contribution >= 4 is 16.8 Å². The lowest BCUT2D eigenvalue weighted by Gasteiger charge is -2.20. The summed E-state index contributed by atoms with van der Waals surface area (Å²) in [5.41, 5.74) is 6.21. The smallest absolute Gasteiger partial charge is 0.260 e. The number of aromatic nitrogens is 1. The average Bonchev–Trinajstić information content (AvgIpc) is 2.86. The molecule has 134 valence electrons. The number of rotatable bonds is 3. The van der Waals surface area contributed by atoms with E-state index in [-0.39, 0.29) is 12.5 Å². The standard InChI is InChI=1S/C22H24N2O2/c1-15-7-8-17(13-16(15)2)26-14-22(25)24-11-9-19-18-5-3-4-6-20(18)23-21(19)10-12-24/h3-8,13,23H,9-12,14H2,1-2H3. The van der Waals surface area contributed by atoms with Crippen molar-refractivity contribution < 1.29 is 9.53 Å². The molecule has 4 nitrogen and oxygen atoms in total. The minimum atomic E-state index is 0.0534. The Morgan fingerprint density at radius 1 is 1.08 bits per heavy atom. The molecule has 1 aliphatic heterocycles. The van der Waals surface area contributed by atoms with Crippen LogP contribution in [0.25, 0.3) is 10.9 Å². The Hall–Kier alpha value is -2.75. The van der Waals surface area contributed by atoms with Gasteiger partial charge in [0.25, 0.3) is 5.91 Å². The second-order valence-corrected chi connectivity index (χ2v) is 7.04. The summed E-state index contributed by atoms with van der Waals surface area (Å²) in [6.07, 6.45) is 1.74. The summed E-state index contributed by atoms with van der Waals surface area (Å²) < 4.78 is 5.73. The number of hydrogen-bond donors (Lipinski definition) is 1. The molecule has 0 unspecified atom stereocenters. The Labute approximate surface area is 153 Å². The van der Waals surface area contributed by atoms with Gasteiger partial charge in [-0.2, -0.15) is 0 Å². The van der Waals surface area contributed by atoms with Crippen LogP contribution in [0.5, 0.6) is 5.75 Å². The van der Waals surface area contributed by atoms with E-state index in [1.54, 1.807) is 0 Å². The lowest BCUT2D eigenvalue weighted by Crippen LogP contribution is -2.36. The van der Waals surface area contributed by atoms with Crippen LogP contribution in [-0.2, 0) is 17.6 Å². The summed E-state index contributed by atoms with van der Waals surface area (Å²) >= 11 is 0. The average molecular weight is 348 g/mol. The molecule has 0 bridgehead atoms. The number of H-pyrrole nitrogens is 1. The number of para-hydroxylation sites is 1. The van der Waals surface area contributed by atoms with E-state index in [4.69, 9.17) is 4.74 Å². The van der Waals surface area contributed by atoms with Gasteiger partial charge in [-0.15, -0.1) is 0 Å². The van der Waals surface area contributed by atoms with Crippen molar-refractivity contribution in [1.82, 2.24) is 9.88 Å². The topological polar surface area (TPSA) is 45.3 Å². The van der Waals surface area contributed by atoms with Crippen LogP contribution in [0.1, 0.15) is 22.4 Å². The summed E-state index contributed by atoms with van der Waals surface area (Å²) in [5.74, 6) is 0.810. The third-order valence-electron chi connectivity index (χ3n) is 5.36. The first-order valence-electron chi connectivity index (χ1n) is 9.18. The maximum atomic E-state index is 12.6. The van der Waals surface area contributed by atoms with E-state index in [0.29, 0.717) is 0 Å². The van der Waals surface area contributed by atoms with Gasteiger partial charge in [-0.3, -0.25) is 4.79 Å². The predicted molar refractivity (Wildman–Crippen MR) is 104 cm³/mol. The fraction of sp³-hybridized carbons (Fsp3) is 0.318. The predicted octanol–water partition coefficient (Wildman–Crippen LogP) is 3.79. The van der Waals surface area contributed by atoms with Gasteiger partial charge in [-0.05, 0) is 55.2 Å². The Kier molecular flexibility index (Phi) is 4.41. The van der Waals surface area contributed by atoms with Crippen LogP contribution in [0, 0.1) is 13.8 Å². The summed E-state index contributed by atoms with van der Waals surface area (Å²) in [6, 6.07) is 14.3. The largest absolute Gasteiger partial charge is 0.484 e. The van der Waals surface area contributed by atoms with E-state index >= 15 is 0 Å². The molecule has 1 N–H and O–H groups in total. The van der Waals surface area contributed by atoms with Crippen molar-refractivity contribution in [3.05, 3.63) is 64.8 Å². The number of benzene rings is 2. The third-order valence-corrected chi connectivity index (χ3v) is 5.36. The summed E-state index contributed by atoms with van der Waals surface area (Å²) in [5, 5.41) is 1.28. The minimum Gasteiger partial charge on any atom is -0.484 e. The van der Waals surface area contributed by atoms with E-state index in [0.717, 1.165) is 31.7 Å². The van der Waals surface area contributed by atoms with E-state index in [9.17, 15) is 4.79 Å². The molecule has 0 spiro atoms. The number of nitrogens with zero attached hydrogens (tertiary/aromatic N) is 1. The molecular formula is C22H24N2O2. The maximum Gasteiger partial charge on any atom is 0.260 e. The van der Waals surface area contributed by atoms with E-state index in [1.165, 1.54) is 33.3 Å². The van der Waals surface area contributed by atoms with Gasteiger partial charge < -0.3 is 14.6 Å². The lowest BCUT2D eigenvalue weighted by molar-refractivity contribution is -0.133. The van der Waals surface area contributed by atoms with Gasteiger partial charge in [0.2, 0.25) is 0 Å². The molecule has 0 atom stereocenters. The normalized spacial score (nSPS) is 14.2. The first kappa shape index (κ1) is 16.7. The van der Waals surface area contributed by atoms with Gasteiger partial charge in [0.1, 0.15) is 5.75 Å². The molecule has 0 radical (unpaired) electrons. The number of amides is 1. The Morgan fingerprint density at radius 3 is 2.73 bits per heavy atom. The van der Waals surface area contributed by atoms with Crippen molar-refractivity contribution in [3.8, 4) is 5.75 Å². The molecule has 0 saturated carbocycles. The van der Waals surface area contributed by atoms with Gasteiger partial charge in [-0.25, -0.2) is 0 Å². The Morgan fingerprint density at radius 2 is 1.88 bits per heavy atom. The summed E-state index contributed by atoms with van der Waals surface area (Å²) in [6.45, 7) is 5.69. The molecular weight excluding hydrogens is 324 g/mol. The van der Waals surface area contributed by atoms with E-state index < -0.39 is 0 Å². The molecule has 1 amide bonds. The highest BCUT2D eigenvalue weighted by Gasteiger charge is 2.21. The molecule has 2 aromatic carbocycles. The highest BCUT2D eigenvalue weighted by atomic mass is 16.5. The molecule has 2 heterocycles. The van der Waals surface area contributed by atoms with Gasteiger partial charge in [0.05, 0.1) is 0 Å². The highest BCUT2D eigenvalue weighted by molar-refractivity contribution is 5.85. The second-order valence-electron chi connectivity index (χ2n) is 7.04. The fourth-order valence-corrected chi connectivity index (χ4v) is 3.65. The van der Waals surface area contributed by atoms with Gasteiger partial charge >= 0.3 is 0 Å². The van der Waals surface area contributed by atoms with E-state index in [1.807, 2.05) is 23.1 Å². The number of aryl methyl sites for hydroxylation is 2. The van der Waals surface area contributed by atoms with E-state index in [2.05, 4.69) is 43.1 Å². The minimum absolute atomic E-state index is 0.0534. The lowest BCUT2D eigenvalue weighted by atomic mass is 10.1. The van der Waals surface area contributed by atoms with Crippen LogP contribution < -0.4 is 4.74 Å². The van der Waals surface area contributed by atoms with Crippen LogP contribution in [0.4, 0.5) is 0 Å². The molecule has 0 fully saturated rings. The van der Waals surface area contributed by atoms with Gasteiger partial charge in [0.15, 0.2) is 6.61 Å². The van der Waals surface area contributed by atoms with Crippen LogP contribution in [0.2, 0.25) is 0 Å². The number of carbonyl (C=O) groups is 1. The molecule has 3 aromatic rings. The number of ether oxygens (including phenoxy) is 1. The summed E-state index contributed by atoms with van der Waals surface area (Å²) in [4.78, 5) is 18.0. The number of carbonyl (C=O) groups excluding carboxylic acids is 1. The number of hydrogen-bond acceptors (Lipinski definition) is 2. The van der Waals surface area contributed by atoms with Crippen LogP contribution >= 0.6 is 0 Å². The Balaban J connectivity index is 1.41. The monoisotopic (exact) mass is 348 g/mol. The van der Waals surface area contributed by atoms with Crippen molar-refractivity contribution in [3.63, 3.8) is 0 Å². The number of nitrogens with one attached hydrogen (secondary N) is 1. The second kappa shape index (κ2) is 6.87. The van der Waals surface area contributed by atoms with Crippen molar-refractivity contribution in [2.45, 2.75) is 26.7 Å². The van der Waals surface area contributed by atoms with Crippen molar-refractivity contribution in [2.75, 3.05) is 19.7 Å². The third kappa shape index (κ3) is 3.19. The zero-order valence-electron chi connectivity index (χ0n) is 15.3. The Bertz CT molecular complexity index is 958. The molecule has 0 saturated heterocycles. The summed E-state index contributed by atoms with van der Waals surface area (Å²) in [7, 11) is 0. The van der Waals surface area contributed by atoms with Crippen LogP contribution in [0.15, 0.2) is 42.5 Å². The van der Waals surface area contributed by atoms with Crippen molar-refractivity contribution in [2.24, 2.45) is 0 Å². The molecule has 4 heteroatoms. The van der Waals surface area contributed by atoms with Gasteiger partial charge in [-0.1, -0.05) is 24.3 Å². The van der Waals surface area contributed by atoms with Crippen LogP contribution in [-0.4, -0.2) is 35.5 Å². The zero-order valence-corrected chi connectivity index (χ0v) is 15.3. The number of aromatic amines is 1. The molecule has 1 aromatic heterocycles. The molecule has 0 aliphatic carbocycles. The number of fused-ring (bicyclic) bond motifs is 3.